The first kappa shape index (κ1) is 13.4. The Morgan fingerprint density at radius 1 is 1.39 bits per heavy atom. The van der Waals surface area contributed by atoms with Crippen LogP contribution in [0.25, 0.3) is 0 Å². The van der Waals surface area contributed by atoms with Gasteiger partial charge in [0.05, 0.1) is 6.61 Å². The fourth-order valence-corrected chi connectivity index (χ4v) is 2.80. The van der Waals surface area contributed by atoms with E-state index >= 15 is 0 Å². The molecule has 0 bridgehead atoms. The van der Waals surface area contributed by atoms with Gasteiger partial charge in [-0.25, -0.2) is 4.79 Å². The number of benzene rings is 1. The molecule has 2 unspecified atom stereocenters. The highest BCUT2D eigenvalue weighted by molar-refractivity contribution is 6.31. The second kappa shape index (κ2) is 4.56. The molecule has 0 aromatic heterocycles. The number of hydrogen-bond donors (Lipinski definition) is 0. The molecule has 1 aliphatic heterocycles. The molecule has 0 amide bonds. The Balaban J connectivity index is 2.36. The van der Waals surface area contributed by atoms with E-state index in [9.17, 15) is 4.79 Å². The summed E-state index contributed by atoms with van der Waals surface area (Å²) in [5.74, 6) is -0.310. The lowest BCUT2D eigenvalue weighted by Crippen LogP contribution is -2.33. The molecule has 0 aliphatic carbocycles. The van der Waals surface area contributed by atoms with Gasteiger partial charge in [0.1, 0.15) is 5.60 Å². The van der Waals surface area contributed by atoms with Crippen molar-refractivity contribution >= 4 is 17.6 Å². The first-order chi connectivity index (χ1) is 8.52. The van der Waals surface area contributed by atoms with E-state index in [0.717, 1.165) is 5.56 Å². The summed E-state index contributed by atoms with van der Waals surface area (Å²) in [5, 5.41) is 0.611. The summed E-state index contributed by atoms with van der Waals surface area (Å²) in [5.41, 5.74) is -0.748. The number of rotatable bonds is 4. The third-order valence-electron chi connectivity index (χ3n) is 3.60. The largest absolute Gasteiger partial charge is 0.464 e. The number of ether oxygens (including phenoxy) is 2. The van der Waals surface area contributed by atoms with Crippen molar-refractivity contribution in [3.8, 4) is 0 Å². The van der Waals surface area contributed by atoms with Gasteiger partial charge in [-0.15, -0.1) is 0 Å². The maximum atomic E-state index is 12.1. The van der Waals surface area contributed by atoms with E-state index in [1.807, 2.05) is 32.0 Å². The minimum absolute atomic E-state index is 0.310. The average molecular weight is 269 g/mol. The van der Waals surface area contributed by atoms with Gasteiger partial charge in [-0.3, -0.25) is 0 Å². The first-order valence-corrected chi connectivity index (χ1v) is 6.52. The third-order valence-corrected chi connectivity index (χ3v) is 3.93. The molecule has 2 rings (SSSR count). The Morgan fingerprint density at radius 3 is 2.61 bits per heavy atom. The van der Waals surface area contributed by atoms with Crippen LogP contribution in [0.4, 0.5) is 0 Å². The van der Waals surface area contributed by atoms with Gasteiger partial charge in [-0.05, 0) is 26.3 Å². The first-order valence-electron chi connectivity index (χ1n) is 6.14. The maximum absolute atomic E-state index is 12.1. The predicted molar refractivity (Wildman–Crippen MR) is 69.5 cm³/mol. The van der Waals surface area contributed by atoms with Crippen LogP contribution in [0, 0.1) is 0 Å². The number of carbonyl (C=O) groups is 1. The highest BCUT2D eigenvalue weighted by atomic mass is 35.5. The fraction of sp³-hybridized carbons (Fsp3) is 0.500. The molecule has 1 fully saturated rings. The molecule has 0 saturated carbocycles. The lowest BCUT2D eigenvalue weighted by atomic mass is 9.86. The van der Waals surface area contributed by atoms with Crippen molar-refractivity contribution in [3.63, 3.8) is 0 Å². The Morgan fingerprint density at radius 2 is 2.06 bits per heavy atom. The van der Waals surface area contributed by atoms with Gasteiger partial charge in [-0.1, -0.05) is 36.7 Å². The summed E-state index contributed by atoms with van der Waals surface area (Å²) in [7, 11) is 0. The number of hydrogen-bond acceptors (Lipinski definition) is 3. The minimum Gasteiger partial charge on any atom is -0.464 e. The standard InChI is InChI=1S/C14H17ClO3/c1-4-14(12(16)17-5-2)13(3,18-14)10-8-6-7-9-11(10)15/h6-9H,4-5H2,1-3H3. The van der Waals surface area contributed by atoms with Gasteiger partial charge in [0.25, 0.3) is 0 Å². The van der Waals surface area contributed by atoms with Gasteiger partial charge >= 0.3 is 5.97 Å². The second-order valence-electron chi connectivity index (χ2n) is 4.52. The molecule has 3 nitrogen and oxygen atoms in total. The van der Waals surface area contributed by atoms with Crippen molar-refractivity contribution < 1.29 is 14.3 Å². The molecule has 18 heavy (non-hydrogen) atoms. The van der Waals surface area contributed by atoms with E-state index in [0.29, 0.717) is 18.1 Å². The van der Waals surface area contributed by atoms with Gasteiger partial charge in [0.15, 0.2) is 5.60 Å². The van der Waals surface area contributed by atoms with Crippen LogP contribution < -0.4 is 0 Å². The van der Waals surface area contributed by atoms with E-state index in [4.69, 9.17) is 21.1 Å². The number of carbonyl (C=O) groups excluding carboxylic acids is 1. The van der Waals surface area contributed by atoms with E-state index in [1.165, 1.54) is 0 Å². The second-order valence-corrected chi connectivity index (χ2v) is 4.92. The Labute approximate surface area is 112 Å². The van der Waals surface area contributed by atoms with Crippen LogP contribution in [0.15, 0.2) is 24.3 Å². The molecule has 4 heteroatoms. The summed E-state index contributed by atoms with van der Waals surface area (Å²) in [4.78, 5) is 12.1. The van der Waals surface area contributed by atoms with Crippen molar-refractivity contribution in [3.05, 3.63) is 34.9 Å². The summed E-state index contributed by atoms with van der Waals surface area (Å²) < 4.78 is 10.9. The molecule has 1 aliphatic rings. The SMILES string of the molecule is CCOC(=O)C1(CC)OC1(C)c1ccccc1Cl. The molecule has 0 radical (unpaired) electrons. The van der Waals surface area contributed by atoms with Crippen molar-refractivity contribution in [1.29, 1.82) is 0 Å². The molecule has 1 aromatic carbocycles. The van der Waals surface area contributed by atoms with Crippen LogP contribution in [0.2, 0.25) is 5.02 Å². The number of esters is 1. The summed E-state index contributed by atoms with van der Waals surface area (Å²) >= 11 is 6.18. The van der Waals surface area contributed by atoms with Crippen LogP contribution in [0.5, 0.6) is 0 Å². The van der Waals surface area contributed by atoms with Crippen molar-refractivity contribution in [2.45, 2.75) is 38.4 Å². The van der Waals surface area contributed by atoms with Crippen LogP contribution in [0.3, 0.4) is 0 Å². The quantitative estimate of drug-likeness (QED) is 0.621. The minimum atomic E-state index is -0.895. The van der Waals surface area contributed by atoms with Gasteiger partial charge in [0, 0.05) is 10.6 Å². The zero-order chi connectivity index (χ0) is 13.4. The maximum Gasteiger partial charge on any atom is 0.341 e. The molecule has 0 spiro atoms. The lowest BCUT2D eigenvalue weighted by molar-refractivity contribution is -0.149. The number of epoxide rings is 1. The van der Waals surface area contributed by atoms with Crippen molar-refractivity contribution in [2.75, 3.05) is 6.61 Å². The topological polar surface area (TPSA) is 38.8 Å². The van der Waals surface area contributed by atoms with Crippen LogP contribution in [0.1, 0.15) is 32.8 Å². The summed E-state index contributed by atoms with van der Waals surface area (Å²) in [6.45, 7) is 5.94. The molecule has 1 heterocycles. The highest BCUT2D eigenvalue weighted by Crippen LogP contribution is 2.59. The van der Waals surface area contributed by atoms with Crippen molar-refractivity contribution in [2.24, 2.45) is 0 Å². The molecular formula is C14H17ClO3. The van der Waals surface area contributed by atoms with Gasteiger partial charge in [-0.2, -0.15) is 0 Å². The van der Waals surface area contributed by atoms with Gasteiger partial charge in [0.2, 0.25) is 0 Å². The lowest BCUT2D eigenvalue weighted by Gasteiger charge is -2.15. The normalized spacial score (nSPS) is 30.0. The number of halogens is 1. The molecule has 98 valence electrons. The zero-order valence-electron chi connectivity index (χ0n) is 10.8. The van der Waals surface area contributed by atoms with Crippen LogP contribution in [-0.4, -0.2) is 18.2 Å². The Kier molecular flexibility index (Phi) is 3.39. The molecule has 1 saturated heterocycles. The highest BCUT2D eigenvalue weighted by Gasteiger charge is 2.73. The molecule has 1 aromatic rings. The molecular weight excluding hydrogens is 252 g/mol. The average Bonchev–Trinajstić information content (AvgIpc) is 2.98. The van der Waals surface area contributed by atoms with E-state index in [2.05, 4.69) is 0 Å². The predicted octanol–water partition coefficient (Wildman–Crippen LogP) is 3.30. The molecule has 2 atom stereocenters. The van der Waals surface area contributed by atoms with E-state index in [1.54, 1.807) is 13.0 Å². The summed E-state index contributed by atoms with van der Waals surface area (Å²) in [6, 6.07) is 7.43. The van der Waals surface area contributed by atoms with Gasteiger partial charge < -0.3 is 9.47 Å². The van der Waals surface area contributed by atoms with Crippen LogP contribution >= 0.6 is 11.6 Å². The monoisotopic (exact) mass is 268 g/mol. The fourth-order valence-electron chi connectivity index (χ4n) is 2.48. The summed E-state index contributed by atoms with van der Waals surface area (Å²) in [6.07, 6.45) is 0.563. The zero-order valence-corrected chi connectivity index (χ0v) is 11.6. The third kappa shape index (κ3) is 1.73. The van der Waals surface area contributed by atoms with E-state index in [-0.39, 0.29) is 5.97 Å². The van der Waals surface area contributed by atoms with E-state index < -0.39 is 11.2 Å². The van der Waals surface area contributed by atoms with Crippen LogP contribution in [-0.2, 0) is 19.9 Å². The molecule has 0 N–H and O–H groups in total. The smallest absolute Gasteiger partial charge is 0.341 e. The Bertz CT molecular complexity index is 474. The van der Waals surface area contributed by atoms with Crippen molar-refractivity contribution in [1.82, 2.24) is 0 Å². The Hall–Kier alpha value is -1.06.